The number of carbonyl (C=O) groups excluding carboxylic acids is 1. The number of nitrogens with one attached hydrogen (secondary N) is 1. The minimum atomic E-state index is -0.293. The lowest BCUT2D eigenvalue weighted by molar-refractivity contribution is -0.118. The van der Waals surface area contributed by atoms with Crippen molar-refractivity contribution in [2.24, 2.45) is 0 Å². The predicted octanol–water partition coefficient (Wildman–Crippen LogP) is 3.01. The Morgan fingerprint density at radius 3 is 2.57 bits per heavy atom. The SMILES string of the molecule is O=C(CSc1ncc(CO)n1Cc1ccc(F)cc1)NCCc1ccccc1. The molecule has 2 N–H and O–H groups in total. The van der Waals surface area contributed by atoms with Gasteiger partial charge in [0.1, 0.15) is 5.82 Å². The van der Waals surface area contributed by atoms with Gasteiger partial charge in [-0.2, -0.15) is 0 Å². The van der Waals surface area contributed by atoms with Gasteiger partial charge in [-0.1, -0.05) is 54.2 Å². The van der Waals surface area contributed by atoms with Gasteiger partial charge in [-0.05, 0) is 29.7 Å². The van der Waals surface area contributed by atoms with Crippen LogP contribution in [0.1, 0.15) is 16.8 Å². The highest BCUT2D eigenvalue weighted by Crippen LogP contribution is 2.20. The van der Waals surface area contributed by atoms with Gasteiger partial charge >= 0.3 is 0 Å². The van der Waals surface area contributed by atoms with E-state index >= 15 is 0 Å². The summed E-state index contributed by atoms with van der Waals surface area (Å²) in [4.78, 5) is 16.4. The molecule has 3 aromatic rings. The first-order valence-corrected chi connectivity index (χ1v) is 9.97. The quantitative estimate of drug-likeness (QED) is 0.543. The molecule has 1 amide bonds. The Morgan fingerprint density at radius 1 is 1.11 bits per heavy atom. The van der Waals surface area contributed by atoms with E-state index in [4.69, 9.17) is 0 Å². The average molecular weight is 399 g/mol. The van der Waals surface area contributed by atoms with Crippen LogP contribution < -0.4 is 5.32 Å². The molecule has 0 saturated carbocycles. The van der Waals surface area contributed by atoms with Crippen molar-refractivity contribution in [3.63, 3.8) is 0 Å². The molecular weight excluding hydrogens is 377 g/mol. The highest BCUT2D eigenvalue weighted by Gasteiger charge is 2.12. The van der Waals surface area contributed by atoms with E-state index in [-0.39, 0.29) is 24.1 Å². The van der Waals surface area contributed by atoms with Crippen LogP contribution in [-0.4, -0.2) is 32.9 Å². The maximum Gasteiger partial charge on any atom is 0.230 e. The van der Waals surface area contributed by atoms with E-state index in [2.05, 4.69) is 10.3 Å². The summed E-state index contributed by atoms with van der Waals surface area (Å²) >= 11 is 1.31. The summed E-state index contributed by atoms with van der Waals surface area (Å²) in [6, 6.07) is 16.2. The number of carbonyl (C=O) groups is 1. The van der Waals surface area contributed by atoms with Gasteiger partial charge < -0.3 is 15.0 Å². The number of benzene rings is 2. The second-order valence-electron chi connectivity index (χ2n) is 6.28. The first-order chi connectivity index (χ1) is 13.7. The van der Waals surface area contributed by atoms with Crippen molar-refractivity contribution in [3.05, 3.63) is 83.4 Å². The second kappa shape index (κ2) is 10.1. The molecular formula is C21H22FN3O2S. The second-order valence-corrected chi connectivity index (χ2v) is 7.22. The lowest BCUT2D eigenvalue weighted by Gasteiger charge is -2.11. The number of aliphatic hydroxyl groups excluding tert-OH is 1. The lowest BCUT2D eigenvalue weighted by Crippen LogP contribution is -2.27. The van der Waals surface area contributed by atoms with E-state index in [0.717, 1.165) is 12.0 Å². The van der Waals surface area contributed by atoms with Gasteiger partial charge in [0.25, 0.3) is 0 Å². The molecule has 3 rings (SSSR count). The largest absolute Gasteiger partial charge is 0.390 e. The summed E-state index contributed by atoms with van der Waals surface area (Å²) in [5.41, 5.74) is 2.72. The normalized spacial score (nSPS) is 10.8. The van der Waals surface area contributed by atoms with Crippen LogP contribution in [-0.2, 0) is 24.4 Å². The molecule has 1 heterocycles. The molecule has 0 spiro atoms. The summed E-state index contributed by atoms with van der Waals surface area (Å²) in [5.74, 6) is -0.124. The zero-order valence-corrected chi connectivity index (χ0v) is 16.2. The fourth-order valence-electron chi connectivity index (χ4n) is 2.75. The fourth-order valence-corrected chi connectivity index (χ4v) is 3.57. The van der Waals surface area contributed by atoms with Crippen LogP contribution in [0.2, 0.25) is 0 Å². The molecule has 0 aliphatic heterocycles. The monoisotopic (exact) mass is 399 g/mol. The van der Waals surface area contributed by atoms with Crippen LogP contribution in [0.25, 0.3) is 0 Å². The van der Waals surface area contributed by atoms with Gasteiger partial charge in [-0.15, -0.1) is 0 Å². The van der Waals surface area contributed by atoms with Gasteiger partial charge in [-0.3, -0.25) is 4.79 Å². The number of amides is 1. The molecule has 7 heteroatoms. The van der Waals surface area contributed by atoms with Gasteiger partial charge in [-0.25, -0.2) is 9.37 Å². The minimum Gasteiger partial charge on any atom is -0.390 e. The molecule has 0 aliphatic rings. The summed E-state index contributed by atoms with van der Waals surface area (Å²) in [6.45, 7) is 0.876. The third-order valence-electron chi connectivity index (χ3n) is 4.23. The van der Waals surface area contributed by atoms with E-state index in [1.807, 2.05) is 34.9 Å². The van der Waals surface area contributed by atoms with Gasteiger partial charge in [0.05, 0.1) is 24.3 Å². The van der Waals surface area contributed by atoms with Crippen LogP contribution in [0.3, 0.4) is 0 Å². The first kappa shape index (κ1) is 20.1. The number of rotatable bonds is 9. The summed E-state index contributed by atoms with van der Waals surface area (Å²) in [6.07, 6.45) is 2.38. The summed E-state index contributed by atoms with van der Waals surface area (Å²) in [7, 11) is 0. The number of hydrogen-bond donors (Lipinski definition) is 2. The number of aromatic nitrogens is 2. The zero-order chi connectivity index (χ0) is 19.8. The first-order valence-electron chi connectivity index (χ1n) is 8.99. The van der Waals surface area contributed by atoms with E-state index in [9.17, 15) is 14.3 Å². The van der Waals surface area contributed by atoms with Crippen LogP contribution in [0.4, 0.5) is 4.39 Å². The number of thioether (sulfide) groups is 1. The lowest BCUT2D eigenvalue weighted by atomic mass is 10.1. The highest BCUT2D eigenvalue weighted by atomic mass is 32.2. The molecule has 0 bridgehead atoms. The molecule has 5 nitrogen and oxygen atoms in total. The third-order valence-corrected chi connectivity index (χ3v) is 5.22. The van der Waals surface area contributed by atoms with Crippen molar-refractivity contribution < 1.29 is 14.3 Å². The Labute approximate surface area is 167 Å². The molecule has 0 saturated heterocycles. The maximum absolute atomic E-state index is 13.1. The topological polar surface area (TPSA) is 67.1 Å². The predicted molar refractivity (Wildman–Crippen MR) is 108 cm³/mol. The standard InChI is InChI=1S/C21H22FN3O2S/c22-18-8-6-17(7-9-18)13-25-19(14-26)12-24-21(25)28-15-20(27)23-11-10-16-4-2-1-3-5-16/h1-9,12,26H,10-11,13-15H2,(H,23,27). The van der Waals surface area contributed by atoms with Crippen LogP contribution >= 0.6 is 11.8 Å². The number of nitrogens with zero attached hydrogens (tertiary/aromatic N) is 2. The van der Waals surface area contributed by atoms with Crippen molar-refractivity contribution in [1.82, 2.24) is 14.9 Å². The molecule has 2 aromatic carbocycles. The number of halogens is 1. The van der Waals surface area contributed by atoms with Crippen LogP contribution in [0.5, 0.6) is 0 Å². The Kier molecular flexibility index (Phi) is 7.22. The molecule has 0 radical (unpaired) electrons. The smallest absolute Gasteiger partial charge is 0.230 e. The molecule has 0 atom stereocenters. The fraction of sp³-hybridized carbons (Fsp3) is 0.238. The highest BCUT2D eigenvalue weighted by molar-refractivity contribution is 7.99. The van der Waals surface area contributed by atoms with Gasteiger partial charge in [0, 0.05) is 13.1 Å². The van der Waals surface area contributed by atoms with E-state index in [0.29, 0.717) is 23.9 Å². The number of aliphatic hydroxyl groups is 1. The minimum absolute atomic E-state index is 0.0668. The van der Waals surface area contributed by atoms with E-state index in [1.165, 1.54) is 29.5 Å². The van der Waals surface area contributed by atoms with Gasteiger partial charge in [0.15, 0.2) is 5.16 Å². The van der Waals surface area contributed by atoms with Crippen molar-refractivity contribution in [3.8, 4) is 0 Å². The number of imidazole rings is 1. The molecule has 0 aliphatic carbocycles. The Morgan fingerprint density at radius 2 is 1.86 bits per heavy atom. The Hall–Kier alpha value is -2.64. The number of hydrogen-bond acceptors (Lipinski definition) is 4. The Bertz CT molecular complexity index is 898. The molecule has 1 aromatic heterocycles. The van der Waals surface area contributed by atoms with Crippen LogP contribution in [0, 0.1) is 5.82 Å². The molecule has 0 fully saturated rings. The molecule has 146 valence electrons. The van der Waals surface area contributed by atoms with Crippen LogP contribution in [0.15, 0.2) is 66.0 Å². The van der Waals surface area contributed by atoms with Crippen molar-refractivity contribution in [2.45, 2.75) is 24.7 Å². The van der Waals surface area contributed by atoms with Crippen molar-refractivity contribution >= 4 is 17.7 Å². The summed E-state index contributed by atoms with van der Waals surface area (Å²) in [5, 5.41) is 13.1. The van der Waals surface area contributed by atoms with Crippen molar-refractivity contribution in [2.75, 3.05) is 12.3 Å². The molecule has 0 unspecified atom stereocenters. The Balaban J connectivity index is 1.54. The third kappa shape index (κ3) is 5.68. The van der Waals surface area contributed by atoms with E-state index in [1.54, 1.807) is 18.3 Å². The zero-order valence-electron chi connectivity index (χ0n) is 15.3. The van der Waals surface area contributed by atoms with E-state index < -0.39 is 0 Å². The average Bonchev–Trinajstić information content (AvgIpc) is 3.10. The van der Waals surface area contributed by atoms with Gasteiger partial charge in [0.2, 0.25) is 5.91 Å². The maximum atomic E-state index is 13.1. The summed E-state index contributed by atoms with van der Waals surface area (Å²) < 4.78 is 14.9. The van der Waals surface area contributed by atoms with Crippen molar-refractivity contribution in [1.29, 1.82) is 0 Å². The molecule has 28 heavy (non-hydrogen) atoms.